The maximum atomic E-state index is 12.9. The summed E-state index contributed by atoms with van der Waals surface area (Å²) in [5.41, 5.74) is 2.15. The lowest BCUT2D eigenvalue weighted by Crippen LogP contribution is -2.45. The molecule has 3 rings (SSSR count). The number of urea groups is 1. The predicted octanol–water partition coefficient (Wildman–Crippen LogP) is 4.33. The fourth-order valence-electron chi connectivity index (χ4n) is 3.69. The SMILES string of the molecule is COc1ccc(C2CCCN2C(=O)NC(C)COc2cccc(C)c2)c(OC)c1. The van der Waals surface area contributed by atoms with Gasteiger partial charge in [-0.2, -0.15) is 0 Å². The summed E-state index contributed by atoms with van der Waals surface area (Å²) < 4.78 is 16.7. The number of rotatable bonds is 7. The fraction of sp³-hybridized carbons (Fsp3) is 0.435. The molecule has 0 bridgehead atoms. The molecule has 1 aliphatic rings. The van der Waals surface area contributed by atoms with Crippen LogP contribution in [0.1, 0.15) is 36.9 Å². The molecule has 0 aromatic heterocycles. The van der Waals surface area contributed by atoms with E-state index in [2.05, 4.69) is 5.32 Å². The summed E-state index contributed by atoms with van der Waals surface area (Å²) in [6.45, 7) is 5.11. The molecular weight excluding hydrogens is 368 g/mol. The first-order chi connectivity index (χ1) is 14.0. The third-order valence-electron chi connectivity index (χ3n) is 5.17. The molecule has 6 nitrogen and oxygen atoms in total. The van der Waals surface area contributed by atoms with Gasteiger partial charge in [0, 0.05) is 18.2 Å². The Bertz CT molecular complexity index is 839. The zero-order chi connectivity index (χ0) is 20.8. The second kappa shape index (κ2) is 9.54. The van der Waals surface area contributed by atoms with Crippen molar-refractivity contribution < 1.29 is 19.0 Å². The van der Waals surface area contributed by atoms with Crippen LogP contribution in [-0.2, 0) is 0 Å². The normalized spacial score (nSPS) is 17.0. The van der Waals surface area contributed by atoms with E-state index in [4.69, 9.17) is 14.2 Å². The predicted molar refractivity (Wildman–Crippen MR) is 113 cm³/mol. The molecule has 2 unspecified atom stereocenters. The molecule has 1 fully saturated rings. The summed E-state index contributed by atoms with van der Waals surface area (Å²) in [6.07, 6.45) is 1.87. The number of nitrogens with one attached hydrogen (secondary N) is 1. The van der Waals surface area contributed by atoms with Crippen molar-refractivity contribution in [3.05, 3.63) is 53.6 Å². The van der Waals surface area contributed by atoms with Crippen LogP contribution in [0.5, 0.6) is 17.2 Å². The van der Waals surface area contributed by atoms with E-state index in [9.17, 15) is 4.79 Å². The van der Waals surface area contributed by atoms with Crippen molar-refractivity contribution in [3.63, 3.8) is 0 Å². The molecule has 0 spiro atoms. The molecule has 2 atom stereocenters. The lowest BCUT2D eigenvalue weighted by atomic mass is 10.0. The molecule has 2 aromatic rings. The van der Waals surface area contributed by atoms with E-state index in [-0.39, 0.29) is 18.1 Å². The number of likely N-dealkylation sites (tertiary alicyclic amines) is 1. The first-order valence-corrected chi connectivity index (χ1v) is 10.0. The lowest BCUT2D eigenvalue weighted by Gasteiger charge is -2.28. The van der Waals surface area contributed by atoms with E-state index in [1.807, 2.05) is 61.2 Å². The van der Waals surface area contributed by atoms with Crippen LogP contribution in [0.4, 0.5) is 4.79 Å². The summed E-state index contributed by atoms with van der Waals surface area (Å²) in [7, 11) is 3.27. The van der Waals surface area contributed by atoms with Crippen molar-refractivity contribution in [1.82, 2.24) is 10.2 Å². The minimum Gasteiger partial charge on any atom is -0.497 e. The number of amides is 2. The van der Waals surface area contributed by atoms with Gasteiger partial charge in [0.2, 0.25) is 0 Å². The number of aryl methyl sites for hydroxylation is 1. The quantitative estimate of drug-likeness (QED) is 0.754. The van der Waals surface area contributed by atoms with Gasteiger partial charge >= 0.3 is 6.03 Å². The standard InChI is InChI=1S/C23H30N2O4/c1-16-7-5-8-19(13-16)29-15-17(2)24-23(26)25-12-6-9-21(25)20-11-10-18(27-3)14-22(20)28-4/h5,7-8,10-11,13-14,17,21H,6,9,12,15H2,1-4H3,(H,24,26). The van der Waals surface area contributed by atoms with Crippen molar-refractivity contribution in [1.29, 1.82) is 0 Å². The molecule has 6 heteroatoms. The van der Waals surface area contributed by atoms with E-state index in [0.29, 0.717) is 6.61 Å². The Balaban J connectivity index is 1.62. The highest BCUT2D eigenvalue weighted by Crippen LogP contribution is 2.38. The van der Waals surface area contributed by atoms with E-state index in [1.54, 1.807) is 14.2 Å². The first-order valence-electron chi connectivity index (χ1n) is 10.0. The summed E-state index contributed by atoms with van der Waals surface area (Å²) in [5, 5.41) is 3.06. The van der Waals surface area contributed by atoms with Crippen LogP contribution in [0.15, 0.2) is 42.5 Å². The van der Waals surface area contributed by atoms with Gasteiger partial charge in [0.1, 0.15) is 23.9 Å². The average Bonchev–Trinajstić information content (AvgIpc) is 3.21. The van der Waals surface area contributed by atoms with Gasteiger partial charge in [-0.15, -0.1) is 0 Å². The van der Waals surface area contributed by atoms with Crippen LogP contribution in [-0.4, -0.2) is 44.3 Å². The number of carbonyl (C=O) groups is 1. The Morgan fingerprint density at radius 2 is 2.00 bits per heavy atom. The maximum Gasteiger partial charge on any atom is 0.318 e. The highest BCUT2D eigenvalue weighted by molar-refractivity contribution is 5.75. The zero-order valence-electron chi connectivity index (χ0n) is 17.6. The van der Waals surface area contributed by atoms with Gasteiger partial charge in [-0.05, 0) is 56.5 Å². The largest absolute Gasteiger partial charge is 0.497 e. The molecule has 156 valence electrons. The Morgan fingerprint density at radius 3 is 2.72 bits per heavy atom. The molecule has 0 saturated carbocycles. The molecule has 1 aliphatic heterocycles. The average molecular weight is 399 g/mol. The zero-order valence-corrected chi connectivity index (χ0v) is 17.6. The molecule has 1 saturated heterocycles. The van der Waals surface area contributed by atoms with Crippen molar-refractivity contribution in [2.24, 2.45) is 0 Å². The molecule has 1 heterocycles. The van der Waals surface area contributed by atoms with Gasteiger partial charge < -0.3 is 24.4 Å². The first kappa shape index (κ1) is 20.8. The van der Waals surface area contributed by atoms with Crippen molar-refractivity contribution in [2.75, 3.05) is 27.4 Å². The minimum absolute atomic E-state index is 0.0132. The Kier molecular flexibility index (Phi) is 6.86. The summed E-state index contributed by atoms with van der Waals surface area (Å²) in [6, 6.07) is 13.5. The number of methoxy groups -OCH3 is 2. The van der Waals surface area contributed by atoms with Gasteiger partial charge in [0.05, 0.1) is 26.3 Å². The van der Waals surface area contributed by atoms with Gasteiger partial charge in [-0.3, -0.25) is 0 Å². The van der Waals surface area contributed by atoms with Crippen LogP contribution >= 0.6 is 0 Å². The Morgan fingerprint density at radius 1 is 1.17 bits per heavy atom. The molecule has 0 aliphatic carbocycles. The molecule has 2 amide bonds. The summed E-state index contributed by atoms with van der Waals surface area (Å²) in [5.74, 6) is 2.29. The number of hydrogen-bond acceptors (Lipinski definition) is 4. The fourth-order valence-corrected chi connectivity index (χ4v) is 3.69. The molecule has 2 aromatic carbocycles. The van der Waals surface area contributed by atoms with Gasteiger partial charge in [-0.25, -0.2) is 4.79 Å². The number of nitrogens with zero attached hydrogens (tertiary/aromatic N) is 1. The second-order valence-corrected chi connectivity index (χ2v) is 7.44. The van der Waals surface area contributed by atoms with Gasteiger partial charge in [0.15, 0.2) is 0 Å². The van der Waals surface area contributed by atoms with E-state index in [0.717, 1.165) is 47.8 Å². The van der Waals surface area contributed by atoms with Crippen LogP contribution in [0.2, 0.25) is 0 Å². The molecule has 29 heavy (non-hydrogen) atoms. The van der Waals surface area contributed by atoms with Gasteiger partial charge in [0.25, 0.3) is 0 Å². The third-order valence-corrected chi connectivity index (χ3v) is 5.17. The smallest absolute Gasteiger partial charge is 0.318 e. The topological polar surface area (TPSA) is 60.0 Å². The van der Waals surface area contributed by atoms with E-state index >= 15 is 0 Å². The maximum absolute atomic E-state index is 12.9. The highest BCUT2D eigenvalue weighted by Gasteiger charge is 2.32. The monoisotopic (exact) mass is 398 g/mol. The Labute approximate surface area is 172 Å². The van der Waals surface area contributed by atoms with Gasteiger partial charge in [-0.1, -0.05) is 12.1 Å². The minimum atomic E-state index is -0.109. The van der Waals surface area contributed by atoms with Crippen LogP contribution < -0.4 is 19.5 Å². The van der Waals surface area contributed by atoms with E-state index in [1.165, 1.54) is 0 Å². The number of ether oxygens (including phenoxy) is 3. The third kappa shape index (κ3) is 5.13. The highest BCUT2D eigenvalue weighted by atomic mass is 16.5. The summed E-state index contributed by atoms with van der Waals surface area (Å²) in [4.78, 5) is 14.8. The lowest BCUT2D eigenvalue weighted by molar-refractivity contribution is 0.182. The molecule has 0 radical (unpaired) electrons. The molecular formula is C23H30N2O4. The van der Waals surface area contributed by atoms with Crippen molar-refractivity contribution in [2.45, 2.75) is 38.8 Å². The van der Waals surface area contributed by atoms with Crippen molar-refractivity contribution in [3.8, 4) is 17.2 Å². The van der Waals surface area contributed by atoms with E-state index < -0.39 is 0 Å². The van der Waals surface area contributed by atoms with Crippen LogP contribution in [0.25, 0.3) is 0 Å². The number of hydrogen-bond donors (Lipinski definition) is 1. The number of carbonyl (C=O) groups excluding carboxylic acids is 1. The second-order valence-electron chi connectivity index (χ2n) is 7.44. The number of benzene rings is 2. The Hall–Kier alpha value is -2.89. The van der Waals surface area contributed by atoms with Crippen LogP contribution in [0.3, 0.4) is 0 Å². The molecule has 1 N–H and O–H groups in total. The van der Waals surface area contributed by atoms with Crippen LogP contribution in [0, 0.1) is 6.92 Å². The van der Waals surface area contributed by atoms with Crippen molar-refractivity contribution >= 4 is 6.03 Å². The summed E-state index contributed by atoms with van der Waals surface area (Å²) >= 11 is 0.